The standard InChI is InChI=1S/C21H22F2N4O3S/c22-14-3-6-16-17(10-25-20(16)9-14)13-1-4-15(5-2-13)31(29,30)26-8-7-21(28)27-11-18(23)19(24)12-27/h1-6,10,18-19,26H,7-9,11-12,24H2/t18-,19-/m1/s1. The summed E-state index contributed by atoms with van der Waals surface area (Å²) in [4.78, 5) is 17.7. The van der Waals surface area contributed by atoms with Crippen LogP contribution in [0.15, 0.2) is 63.9 Å². The Morgan fingerprint density at radius 3 is 2.61 bits per heavy atom. The highest BCUT2D eigenvalue weighted by molar-refractivity contribution is 7.89. The number of halogens is 2. The topological polar surface area (TPSA) is 105 Å². The van der Waals surface area contributed by atoms with Gasteiger partial charge in [0.25, 0.3) is 0 Å². The van der Waals surface area contributed by atoms with Crippen molar-refractivity contribution in [3.63, 3.8) is 0 Å². The average molecular weight is 448 g/mol. The summed E-state index contributed by atoms with van der Waals surface area (Å²) in [6, 6.07) is 5.55. The Kier molecular flexibility index (Phi) is 5.87. The minimum absolute atomic E-state index is 0.0546. The Hall–Kier alpha value is -2.69. The van der Waals surface area contributed by atoms with E-state index in [1.807, 2.05) is 0 Å². The number of amides is 1. The zero-order valence-electron chi connectivity index (χ0n) is 16.6. The Labute approximate surface area is 179 Å². The molecule has 0 unspecified atom stereocenters. The maximum atomic E-state index is 13.4. The number of benzene rings is 1. The lowest BCUT2D eigenvalue weighted by molar-refractivity contribution is -0.130. The molecule has 1 fully saturated rings. The van der Waals surface area contributed by atoms with Crippen molar-refractivity contribution in [1.82, 2.24) is 9.62 Å². The second kappa shape index (κ2) is 8.45. The minimum atomic E-state index is -3.81. The van der Waals surface area contributed by atoms with Gasteiger partial charge in [-0.25, -0.2) is 21.9 Å². The highest BCUT2D eigenvalue weighted by atomic mass is 32.2. The number of hydrogen-bond donors (Lipinski definition) is 2. The number of likely N-dealkylation sites (tertiary alicyclic amines) is 1. The van der Waals surface area contributed by atoms with E-state index in [0.29, 0.717) is 5.71 Å². The molecule has 0 radical (unpaired) electrons. The van der Waals surface area contributed by atoms with Crippen LogP contribution in [0.4, 0.5) is 8.78 Å². The zero-order valence-corrected chi connectivity index (χ0v) is 17.4. The lowest BCUT2D eigenvalue weighted by atomic mass is 9.93. The molecule has 1 amide bonds. The number of aliphatic imine (C=N–C) groups is 1. The smallest absolute Gasteiger partial charge is 0.240 e. The van der Waals surface area contributed by atoms with Crippen molar-refractivity contribution >= 4 is 27.2 Å². The molecule has 1 saturated heterocycles. The van der Waals surface area contributed by atoms with Crippen molar-refractivity contribution in [1.29, 1.82) is 0 Å². The molecule has 4 rings (SSSR count). The lowest BCUT2D eigenvalue weighted by Gasteiger charge is -2.15. The van der Waals surface area contributed by atoms with E-state index in [4.69, 9.17) is 5.73 Å². The van der Waals surface area contributed by atoms with Crippen molar-refractivity contribution in [2.24, 2.45) is 10.7 Å². The van der Waals surface area contributed by atoms with Crippen molar-refractivity contribution in [2.75, 3.05) is 19.6 Å². The molecule has 7 nitrogen and oxygen atoms in total. The fraction of sp³-hybridized carbons (Fsp3) is 0.333. The molecule has 1 aliphatic carbocycles. The predicted molar refractivity (Wildman–Crippen MR) is 113 cm³/mol. The third-order valence-corrected chi connectivity index (χ3v) is 6.94. The van der Waals surface area contributed by atoms with E-state index in [9.17, 15) is 22.0 Å². The number of hydrogen-bond acceptors (Lipinski definition) is 5. The molecule has 164 valence electrons. The van der Waals surface area contributed by atoms with E-state index in [1.165, 1.54) is 23.1 Å². The van der Waals surface area contributed by atoms with Gasteiger partial charge in [-0.1, -0.05) is 12.1 Å². The first-order chi connectivity index (χ1) is 14.7. The van der Waals surface area contributed by atoms with E-state index in [0.717, 1.165) is 16.7 Å². The molecule has 31 heavy (non-hydrogen) atoms. The van der Waals surface area contributed by atoms with Crippen LogP contribution >= 0.6 is 0 Å². The van der Waals surface area contributed by atoms with Crippen LogP contribution in [0.5, 0.6) is 0 Å². The maximum Gasteiger partial charge on any atom is 0.240 e. The normalized spacial score (nSPS) is 23.1. The summed E-state index contributed by atoms with van der Waals surface area (Å²) in [6.45, 7) is -0.0263. The quantitative estimate of drug-likeness (QED) is 0.693. The number of sulfonamides is 1. The van der Waals surface area contributed by atoms with Crippen molar-refractivity contribution in [2.45, 2.75) is 30.0 Å². The molecule has 1 aromatic rings. The number of nitrogens with zero attached hydrogens (tertiary/aromatic N) is 2. The first-order valence-corrected chi connectivity index (χ1v) is 11.3. The average Bonchev–Trinajstić information content (AvgIpc) is 3.30. The van der Waals surface area contributed by atoms with Crippen LogP contribution in [0.3, 0.4) is 0 Å². The number of nitrogens with one attached hydrogen (secondary N) is 1. The largest absolute Gasteiger partial charge is 0.338 e. The van der Waals surface area contributed by atoms with Gasteiger partial charge in [0.05, 0.1) is 23.2 Å². The van der Waals surface area contributed by atoms with Crippen LogP contribution in [0.25, 0.3) is 5.57 Å². The summed E-state index contributed by atoms with van der Waals surface area (Å²) in [5, 5.41) is 0. The van der Waals surface area contributed by atoms with Crippen LogP contribution in [-0.2, 0) is 14.8 Å². The number of nitrogens with two attached hydrogens (primary N) is 1. The molecule has 0 spiro atoms. The van der Waals surface area contributed by atoms with E-state index in [1.54, 1.807) is 24.4 Å². The fourth-order valence-electron chi connectivity index (χ4n) is 3.73. The molecule has 0 saturated carbocycles. The lowest BCUT2D eigenvalue weighted by Crippen LogP contribution is -2.35. The summed E-state index contributed by atoms with van der Waals surface area (Å²) in [6.07, 6.45) is 3.53. The summed E-state index contributed by atoms with van der Waals surface area (Å²) in [5.41, 5.74) is 8.61. The van der Waals surface area contributed by atoms with Gasteiger partial charge in [0, 0.05) is 43.3 Å². The van der Waals surface area contributed by atoms with Crippen LogP contribution in [-0.4, -0.2) is 56.8 Å². The Morgan fingerprint density at radius 2 is 1.94 bits per heavy atom. The second-order valence-corrected chi connectivity index (χ2v) is 9.41. The monoisotopic (exact) mass is 448 g/mol. The van der Waals surface area contributed by atoms with Crippen molar-refractivity contribution < 1.29 is 22.0 Å². The molecule has 0 bridgehead atoms. The molecule has 3 aliphatic rings. The second-order valence-electron chi connectivity index (χ2n) is 7.64. The zero-order chi connectivity index (χ0) is 22.2. The molecule has 1 aromatic carbocycles. The number of carbonyl (C=O) groups is 1. The van der Waals surface area contributed by atoms with Gasteiger partial charge < -0.3 is 10.6 Å². The third-order valence-electron chi connectivity index (χ3n) is 5.47. The van der Waals surface area contributed by atoms with Gasteiger partial charge >= 0.3 is 0 Å². The van der Waals surface area contributed by atoms with E-state index in [-0.39, 0.29) is 49.1 Å². The van der Waals surface area contributed by atoms with Gasteiger partial charge in [-0.2, -0.15) is 0 Å². The summed E-state index contributed by atoms with van der Waals surface area (Å²) >= 11 is 0. The van der Waals surface area contributed by atoms with E-state index < -0.39 is 22.2 Å². The molecule has 10 heteroatoms. The van der Waals surface area contributed by atoms with Crippen molar-refractivity contribution in [3.05, 3.63) is 59.6 Å². The van der Waals surface area contributed by atoms with Crippen LogP contribution in [0.2, 0.25) is 0 Å². The Balaban J connectivity index is 1.36. The molecule has 2 aliphatic heterocycles. The summed E-state index contributed by atoms with van der Waals surface area (Å²) in [7, 11) is -3.81. The van der Waals surface area contributed by atoms with Crippen LogP contribution in [0.1, 0.15) is 18.4 Å². The van der Waals surface area contributed by atoms with Gasteiger partial charge in [-0.3, -0.25) is 9.79 Å². The van der Waals surface area contributed by atoms with Gasteiger partial charge in [0.15, 0.2) is 0 Å². The summed E-state index contributed by atoms with van der Waals surface area (Å²) in [5.74, 6) is -0.593. The van der Waals surface area contributed by atoms with Gasteiger partial charge in [0.2, 0.25) is 15.9 Å². The third kappa shape index (κ3) is 4.51. The minimum Gasteiger partial charge on any atom is -0.338 e. The molecule has 3 N–H and O–H groups in total. The molecular formula is C21H22F2N4O3S. The van der Waals surface area contributed by atoms with Gasteiger partial charge in [0.1, 0.15) is 12.0 Å². The predicted octanol–water partition coefficient (Wildman–Crippen LogP) is 1.84. The SMILES string of the molecule is N[C@@H]1CN(C(=O)CCNS(=O)(=O)c2ccc(C3=CN=C4CC(F)=CC=C34)cc2)C[C@H]1F. The Bertz CT molecular complexity index is 1110. The number of rotatable bonds is 6. The van der Waals surface area contributed by atoms with Crippen molar-refractivity contribution in [3.8, 4) is 0 Å². The Morgan fingerprint density at radius 1 is 1.19 bits per heavy atom. The van der Waals surface area contributed by atoms with Gasteiger partial charge in [-0.05, 0) is 29.8 Å². The maximum absolute atomic E-state index is 13.4. The van der Waals surface area contributed by atoms with Crippen LogP contribution < -0.4 is 10.5 Å². The summed E-state index contributed by atoms with van der Waals surface area (Å²) < 4.78 is 54.3. The number of alkyl halides is 1. The molecule has 0 aromatic heterocycles. The number of carbonyl (C=O) groups excluding carboxylic acids is 1. The van der Waals surface area contributed by atoms with E-state index in [2.05, 4.69) is 9.71 Å². The fourth-order valence-corrected chi connectivity index (χ4v) is 4.76. The number of allylic oxidation sites excluding steroid dienone is 5. The highest BCUT2D eigenvalue weighted by Crippen LogP contribution is 2.34. The first-order valence-electron chi connectivity index (χ1n) is 9.86. The van der Waals surface area contributed by atoms with Gasteiger partial charge in [-0.15, -0.1) is 0 Å². The molecule has 2 heterocycles. The highest BCUT2D eigenvalue weighted by Gasteiger charge is 2.32. The first kappa shape index (κ1) is 21.5. The molecule has 2 atom stereocenters. The molecular weight excluding hydrogens is 426 g/mol. The van der Waals surface area contributed by atoms with Crippen LogP contribution in [0, 0.1) is 0 Å². The van der Waals surface area contributed by atoms with E-state index >= 15 is 0 Å². The number of fused-ring (bicyclic) bond motifs is 1.